The van der Waals surface area contributed by atoms with Crippen LogP contribution in [0.15, 0.2) is 12.1 Å². The number of rotatable bonds is 2. The molecule has 1 aromatic carbocycles. The van der Waals surface area contributed by atoms with Gasteiger partial charge in [0.2, 0.25) is 11.6 Å². The van der Waals surface area contributed by atoms with E-state index in [0.29, 0.717) is 6.42 Å². The zero-order valence-electron chi connectivity index (χ0n) is 6.40. The van der Waals surface area contributed by atoms with Crippen LogP contribution in [0.25, 0.3) is 0 Å². The van der Waals surface area contributed by atoms with E-state index in [1.807, 2.05) is 0 Å². The summed E-state index contributed by atoms with van der Waals surface area (Å²) in [7, 11) is 0. The molecule has 66 valence electrons. The molecule has 0 aromatic heterocycles. The minimum absolute atomic E-state index is 0.202. The van der Waals surface area contributed by atoms with E-state index in [1.165, 1.54) is 6.07 Å². The Labute approximate surface area is 67.7 Å². The highest BCUT2D eigenvalue weighted by Crippen LogP contribution is 2.22. The Morgan fingerprint density at radius 1 is 1.25 bits per heavy atom. The summed E-state index contributed by atoms with van der Waals surface area (Å²) in [6.45, 7) is 1.67. The maximum atomic E-state index is 12.8. The molecule has 4 heteroatoms. The van der Waals surface area contributed by atoms with Crippen LogP contribution in [0.1, 0.15) is 12.5 Å². The molecular formula is C8H7F3O. The van der Waals surface area contributed by atoms with Gasteiger partial charge in [-0.15, -0.1) is 0 Å². The van der Waals surface area contributed by atoms with Gasteiger partial charge in [0.25, 0.3) is 0 Å². The zero-order chi connectivity index (χ0) is 9.14. The predicted molar refractivity (Wildman–Crippen MR) is 37.5 cm³/mol. The van der Waals surface area contributed by atoms with Crippen LogP contribution < -0.4 is 4.94 Å². The summed E-state index contributed by atoms with van der Waals surface area (Å²) in [6.07, 6.45) is 0.356. The molecule has 1 aromatic rings. The Hall–Kier alpha value is -1.19. The molecule has 0 spiro atoms. The Bertz CT molecular complexity index is 257. The zero-order valence-corrected chi connectivity index (χ0v) is 6.40. The third kappa shape index (κ3) is 1.37. The summed E-state index contributed by atoms with van der Waals surface area (Å²) in [5.41, 5.74) is 0.202. The summed E-state index contributed by atoms with van der Waals surface area (Å²) < 4.78 is 37.0. The number of hydrogen-bond acceptors (Lipinski definition) is 1. The Morgan fingerprint density at radius 3 is 2.42 bits per heavy atom. The first-order valence-corrected chi connectivity index (χ1v) is 3.46. The molecule has 0 aliphatic heterocycles. The molecule has 0 saturated heterocycles. The maximum Gasteiger partial charge on any atom is 0.210 e. The van der Waals surface area contributed by atoms with Crippen molar-refractivity contribution in [1.82, 2.24) is 0 Å². The predicted octanol–water partition coefficient (Wildman–Crippen LogP) is 2.79. The average molecular weight is 176 g/mol. The van der Waals surface area contributed by atoms with Gasteiger partial charge in [0.15, 0.2) is 5.82 Å². The Morgan fingerprint density at radius 2 is 1.92 bits per heavy atom. The summed E-state index contributed by atoms with van der Waals surface area (Å²) in [5, 5.41) is 0. The molecule has 0 N–H and O–H groups in total. The van der Waals surface area contributed by atoms with Crippen molar-refractivity contribution in [3.8, 4) is 5.75 Å². The topological polar surface area (TPSA) is 9.23 Å². The molecule has 0 heterocycles. The van der Waals surface area contributed by atoms with E-state index < -0.39 is 17.4 Å². The lowest BCUT2D eigenvalue weighted by molar-refractivity contribution is -0.0114. The Kier molecular flexibility index (Phi) is 2.58. The molecule has 0 unspecified atom stereocenters. The van der Waals surface area contributed by atoms with Crippen molar-refractivity contribution < 1.29 is 18.2 Å². The monoisotopic (exact) mass is 176 g/mol. The summed E-state index contributed by atoms with van der Waals surface area (Å²) in [4.78, 5) is 3.11. The third-order valence-electron chi connectivity index (χ3n) is 1.59. The van der Waals surface area contributed by atoms with Crippen LogP contribution in [0, 0.1) is 11.6 Å². The van der Waals surface area contributed by atoms with E-state index in [9.17, 15) is 13.3 Å². The molecule has 0 fully saturated rings. The van der Waals surface area contributed by atoms with Crippen LogP contribution >= 0.6 is 0 Å². The second-order valence-corrected chi connectivity index (χ2v) is 2.28. The molecule has 0 aliphatic rings. The van der Waals surface area contributed by atoms with E-state index in [0.717, 1.165) is 6.07 Å². The highest BCUT2D eigenvalue weighted by atomic mass is 19.3. The summed E-state index contributed by atoms with van der Waals surface area (Å²) in [5.74, 6) is -3.05. The summed E-state index contributed by atoms with van der Waals surface area (Å²) >= 11 is 0. The fourth-order valence-corrected chi connectivity index (χ4v) is 0.904. The SMILES string of the molecule is CCc1ccc(OF)c(F)c1F. The fourth-order valence-electron chi connectivity index (χ4n) is 0.904. The van der Waals surface area contributed by atoms with Gasteiger partial charge in [-0.3, -0.25) is 4.94 Å². The van der Waals surface area contributed by atoms with E-state index in [2.05, 4.69) is 4.94 Å². The lowest BCUT2D eigenvalue weighted by atomic mass is 10.1. The molecule has 1 nitrogen and oxygen atoms in total. The molecule has 0 radical (unpaired) electrons. The maximum absolute atomic E-state index is 12.8. The minimum atomic E-state index is -1.28. The van der Waals surface area contributed by atoms with Gasteiger partial charge in [-0.25, -0.2) is 4.39 Å². The van der Waals surface area contributed by atoms with Crippen molar-refractivity contribution in [3.05, 3.63) is 29.3 Å². The first-order valence-electron chi connectivity index (χ1n) is 3.46. The number of halogens is 3. The second-order valence-electron chi connectivity index (χ2n) is 2.28. The van der Waals surface area contributed by atoms with E-state index in [1.54, 1.807) is 6.92 Å². The van der Waals surface area contributed by atoms with Crippen molar-refractivity contribution in [3.63, 3.8) is 0 Å². The van der Waals surface area contributed by atoms with Gasteiger partial charge >= 0.3 is 0 Å². The van der Waals surface area contributed by atoms with E-state index >= 15 is 0 Å². The molecule has 0 saturated carbocycles. The smallest absolute Gasteiger partial charge is 0.210 e. The van der Waals surface area contributed by atoms with Gasteiger partial charge in [-0.1, -0.05) is 13.0 Å². The van der Waals surface area contributed by atoms with Gasteiger partial charge in [0.05, 0.1) is 0 Å². The second kappa shape index (κ2) is 3.47. The molecule has 0 bridgehead atoms. The molecular weight excluding hydrogens is 169 g/mol. The number of benzene rings is 1. The normalized spacial score (nSPS) is 10.0. The van der Waals surface area contributed by atoms with Crippen LogP contribution in [-0.4, -0.2) is 0 Å². The van der Waals surface area contributed by atoms with Gasteiger partial charge in [0, 0.05) is 4.53 Å². The van der Waals surface area contributed by atoms with Crippen LogP contribution in [-0.2, 0) is 6.42 Å². The highest BCUT2D eigenvalue weighted by Gasteiger charge is 2.13. The van der Waals surface area contributed by atoms with Gasteiger partial charge in [-0.2, -0.15) is 4.39 Å². The van der Waals surface area contributed by atoms with Gasteiger partial charge < -0.3 is 0 Å². The minimum Gasteiger partial charge on any atom is -0.291 e. The first kappa shape index (κ1) is 8.90. The lowest BCUT2D eigenvalue weighted by Gasteiger charge is -2.02. The lowest BCUT2D eigenvalue weighted by Crippen LogP contribution is -1.94. The van der Waals surface area contributed by atoms with Crippen LogP contribution in [0.3, 0.4) is 0 Å². The fraction of sp³-hybridized carbons (Fsp3) is 0.250. The van der Waals surface area contributed by atoms with Crippen LogP contribution in [0.2, 0.25) is 0 Å². The van der Waals surface area contributed by atoms with E-state index in [-0.39, 0.29) is 5.56 Å². The molecule has 0 atom stereocenters. The van der Waals surface area contributed by atoms with Gasteiger partial charge in [-0.05, 0) is 18.1 Å². The third-order valence-corrected chi connectivity index (χ3v) is 1.59. The average Bonchev–Trinajstić information content (AvgIpc) is 2.10. The number of aryl methyl sites for hydroxylation is 1. The van der Waals surface area contributed by atoms with Gasteiger partial charge in [0.1, 0.15) is 0 Å². The molecule has 1 rings (SSSR count). The largest absolute Gasteiger partial charge is 0.291 e. The first-order chi connectivity index (χ1) is 5.70. The quantitative estimate of drug-likeness (QED) is 0.673. The van der Waals surface area contributed by atoms with Crippen molar-refractivity contribution in [2.45, 2.75) is 13.3 Å². The number of hydrogen-bond donors (Lipinski definition) is 0. The van der Waals surface area contributed by atoms with Crippen LogP contribution in [0.5, 0.6) is 5.75 Å². The molecule has 12 heavy (non-hydrogen) atoms. The van der Waals surface area contributed by atoms with E-state index in [4.69, 9.17) is 0 Å². The molecule has 0 amide bonds. The summed E-state index contributed by atoms with van der Waals surface area (Å²) in [6, 6.07) is 2.34. The van der Waals surface area contributed by atoms with Crippen molar-refractivity contribution >= 4 is 0 Å². The Balaban J connectivity index is 3.20. The highest BCUT2D eigenvalue weighted by molar-refractivity contribution is 5.30. The standard InChI is InChI=1S/C8H7F3O/c1-2-5-3-4-6(12-11)8(10)7(5)9/h3-4H,2H2,1H3. The van der Waals surface area contributed by atoms with Crippen molar-refractivity contribution in [2.24, 2.45) is 0 Å². The van der Waals surface area contributed by atoms with Crippen molar-refractivity contribution in [1.29, 1.82) is 0 Å². The molecule has 0 aliphatic carbocycles. The van der Waals surface area contributed by atoms with Crippen molar-refractivity contribution in [2.75, 3.05) is 0 Å². The van der Waals surface area contributed by atoms with Crippen LogP contribution in [0.4, 0.5) is 13.3 Å².